The van der Waals surface area contributed by atoms with Gasteiger partial charge in [-0.15, -0.1) is 0 Å². The highest BCUT2D eigenvalue weighted by molar-refractivity contribution is 6.30. The van der Waals surface area contributed by atoms with Gasteiger partial charge in [0.1, 0.15) is 0 Å². The first-order valence-corrected chi connectivity index (χ1v) is 4.44. The lowest BCUT2D eigenvalue weighted by molar-refractivity contribution is 0.0166. The molecule has 78 valence electrons. The summed E-state index contributed by atoms with van der Waals surface area (Å²) in [7, 11) is 0. The molecule has 0 saturated heterocycles. The molecule has 0 unspecified atom stereocenters. The first kappa shape index (κ1) is 11.1. The van der Waals surface area contributed by atoms with E-state index in [-0.39, 0.29) is 13.0 Å². The molecule has 0 atom stereocenters. The van der Waals surface area contributed by atoms with Crippen LogP contribution >= 0.6 is 11.6 Å². The largest absolute Gasteiger partial charge is 0.354 e. The predicted octanol–water partition coefficient (Wildman–Crippen LogP) is 2.59. The van der Waals surface area contributed by atoms with Gasteiger partial charge in [0.25, 0.3) is 0 Å². The van der Waals surface area contributed by atoms with Crippen molar-refractivity contribution in [3.05, 3.63) is 17.4 Å². The monoisotopic (exact) mass is 221 g/mol. The van der Waals surface area contributed by atoms with Crippen LogP contribution in [0.25, 0.3) is 0 Å². The van der Waals surface area contributed by atoms with Crippen LogP contribution in [0.2, 0.25) is 5.02 Å². The smallest absolute Gasteiger partial charge is 0.247 e. The Morgan fingerprint density at radius 1 is 1.43 bits per heavy atom. The fourth-order valence-electron chi connectivity index (χ4n) is 0.797. The maximum Gasteiger partial charge on any atom is 0.247 e. The Kier molecular flexibility index (Phi) is 3.57. The Bertz CT molecular complexity index is 284. The average Bonchev–Trinajstić information content (AvgIpc) is 2.06. The summed E-state index contributed by atoms with van der Waals surface area (Å²) in [5.74, 6) is -2.36. The number of rotatable bonds is 4. The number of hydrogen-bond acceptors (Lipinski definition) is 3. The molecule has 0 saturated carbocycles. The second-order valence-corrected chi connectivity index (χ2v) is 3.41. The van der Waals surface area contributed by atoms with Crippen molar-refractivity contribution in [2.45, 2.75) is 19.3 Å². The topological polar surface area (TPSA) is 37.8 Å². The Balaban J connectivity index is 2.35. The van der Waals surface area contributed by atoms with Crippen LogP contribution < -0.4 is 5.32 Å². The quantitative estimate of drug-likeness (QED) is 0.849. The van der Waals surface area contributed by atoms with Gasteiger partial charge in [0.15, 0.2) is 0 Å². The molecule has 1 heterocycles. The maximum atomic E-state index is 12.4. The van der Waals surface area contributed by atoms with Gasteiger partial charge in [0.2, 0.25) is 11.9 Å². The first-order chi connectivity index (χ1) is 6.47. The summed E-state index contributed by atoms with van der Waals surface area (Å²) in [5, 5.41) is 3.08. The molecule has 1 aromatic heterocycles. The number of anilines is 1. The van der Waals surface area contributed by atoms with Gasteiger partial charge in [-0.2, -0.15) is 0 Å². The van der Waals surface area contributed by atoms with Crippen LogP contribution in [0.5, 0.6) is 0 Å². The zero-order valence-corrected chi connectivity index (χ0v) is 8.35. The molecule has 6 heteroatoms. The van der Waals surface area contributed by atoms with Crippen molar-refractivity contribution in [2.75, 3.05) is 11.9 Å². The van der Waals surface area contributed by atoms with E-state index in [1.54, 1.807) is 0 Å². The Labute approximate surface area is 85.5 Å². The average molecular weight is 222 g/mol. The third-order valence-corrected chi connectivity index (χ3v) is 1.66. The molecule has 14 heavy (non-hydrogen) atoms. The molecule has 1 aromatic rings. The van der Waals surface area contributed by atoms with Gasteiger partial charge in [-0.05, 0) is 6.92 Å². The fraction of sp³-hybridized carbons (Fsp3) is 0.500. The Morgan fingerprint density at radius 3 is 2.50 bits per heavy atom. The van der Waals surface area contributed by atoms with Gasteiger partial charge < -0.3 is 5.32 Å². The van der Waals surface area contributed by atoms with E-state index in [9.17, 15) is 8.78 Å². The van der Waals surface area contributed by atoms with Crippen LogP contribution in [0.4, 0.5) is 14.7 Å². The number of hydrogen-bond donors (Lipinski definition) is 1. The number of nitrogens with zero attached hydrogens (tertiary/aromatic N) is 2. The van der Waals surface area contributed by atoms with Gasteiger partial charge in [0, 0.05) is 13.0 Å². The van der Waals surface area contributed by atoms with Crippen LogP contribution in [0.1, 0.15) is 13.3 Å². The van der Waals surface area contributed by atoms with E-state index in [4.69, 9.17) is 11.6 Å². The summed E-state index contributed by atoms with van der Waals surface area (Å²) >= 11 is 5.55. The van der Waals surface area contributed by atoms with Gasteiger partial charge in [-0.1, -0.05) is 11.6 Å². The highest BCUT2D eigenvalue weighted by Gasteiger charge is 2.19. The molecule has 0 aliphatic heterocycles. The van der Waals surface area contributed by atoms with E-state index < -0.39 is 5.92 Å². The SMILES string of the molecule is CC(F)(F)CCNc1ncc(Cl)cn1. The molecule has 0 aliphatic rings. The molecule has 0 spiro atoms. The minimum atomic E-state index is -2.67. The summed E-state index contributed by atoms with van der Waals surface area (Å²) in [5.41, 5.74) is 0. The highest BCUT2D eigenvalue weighted by Crippen LogP contribution is 2.16. The molecule has 3 nitrogen and oxygen atoms in total. The fourth-order valence-corrected chi connectivity index (χ4v) is 0.895. The Hall–Kier alpha value is -0.970. The third-order valence-electron chi connectivity index (χ3n) is 1.47. The van der Waals surface area contributed by atoms with E-state index in [1.807, 2.05) is 0 Å². The van der Waals surface area contributed by atoms with Crippen molar-refractivity contribution in [1.29, 1.82) is 0 Å². The standard InChI is InChI=1S/C8H10ClF2N3/c1-8(10,11)2-3-12-7-13-4-6(9)5-14-7/h4-5H,2-3H2,1H3,(H,12,13,14). The lowest BCUT2D eigenvalue weighted by Gasteiger charge is -2.10. The van der Waals surface area contributed by atoms with Crippen molar-refractivity contribution in [2.24, 2.45) is 0 Å². The number of aromatic nitrogens is 2. The summed E-state index contributed by atoms with van der Waals surface area (Å²) < 4.78 is 24.8. The van der Waals surface area contributed by atoms with Gasteiger partial charge in [-0.3, -0.25) is 0 Å². The number of nitrogens with one attached hydrogen (secondary N) is 1. The lowest BCUT2D eigenvalue weighted by Crippen LogP contribution is -2.16. The van der Waals surface area contributed by atoms with Crippen LogP contribution in [0.15, 0.2) is 12.4 Å². The zero-order chi connectivity index (χ0) is 10.6. The van der Waals surface area contributed by atoms with Crippen LogP contribution in [-0.4, -0.2) is 22.4 Å². The van der Waals surface area contributed by atoms with Crippen LogP contribution in [0.3, 0.4) is 0 Å². The van der Waals surface area contributed by atoms with Crippen molar-refractivity contribution in [1.82, 2.24) is 9.97 Å². The van der Waals surface area contributed by atoms with E-state index in [2.05, 4.69) is 15.3 Å². The highest BCUT2D eigenvalue weighted by atomic mass is 35.5. The molecule has 0 fully saturated rings. The molecular weight excluding hydrogens is 212 g/mol. The summed E-state index contributed by atoms with van der Waals surface area (Å²) in [6, 6.07) is 0. The molecular formula is C8H10ClF2N3. The number of alkyl halides is 2. The van der Waals surface area contributed by atoms with E-state index in [0.717, 1.165) is 6.92 Å². The molecule has 0 amide bonds. The maximum absolute atomic E-state index is 12.4. The molecule has 0 aliphatic carbocycles. The van der Waals surface area contributed by atoms with Gasteiger partial charge in [-0.25, -0.2) is 18.7 Å². The second kappa shape index (κ2) is 4.50. The summed E-state index contributed by atoms with van der Waals surface area (Å²) in [6.45, 7) is 1.00. The van der Waals surface area contributed by atoms with Crippen molar-refractivity contribution >= 4 is 17.5 Å². The van der Waals surface area contributed by atoms with Crippen LogP contribution in [-0.2, 0) is 0 Å². The van der Waals surface area contributed by atoms with Crippen LogP contribution in [0, 0.1) is 0 Å². The lowest BCUT2D eigenvalue weighted by atomic mass is 10.3. The summed E-state index contributed by atoms with van der Waals surface area (Å²) in [6.07, 6.45) is 2.56. The predicted molar refractivity (Wildman–Crippen MR) is 50.8 cm³/mol. The Morgan fingerprint density at radius 2 is 2.00 bits per heavy atom. The van der Waals surface area contributed by atoms with E-state index >= 15 is 0 Å². The normalized spacial score (nSPS) is 11.4. The molecule has 1 N–H and O–H groups in total. The molecule has 1 rings (SSSR count). The van der Waals surface area contributed by atoms with Crippen molar-refractivity contribution in [3.8, 4) is 0 Å². The van der Waals surface area contributed by atoms with Crippen molar-refractivity contribution in [3.63, 3.8) is 0 Å². The molecule has 0 aromatic carbocycles. The van der Waals surface area contributed by atoms with E-state index in [1.165, 1.54) is 12.4 Å². The summed E-state index contributed by atoms with van der Waals surface area (Å²) in [4.78, 5) is 7.60. The van der Waals surface area contributed by atoms with Gasteiger partial charge >= 0.3 is 0 Å². The minimum absolute atomic E-state index is 0.130. The second-order valence-electron chi connectivity index (χ2n) is 2.97. The number of halogens is 3. The van der Waals surface area contributed by atoms with Crippen molar-refractivity contribution < 1.29 is 8.78 Å². The van der Waals surface area contributed by atoms with Gasteiger partial charge in [0.05, 0.1) is 17.4 Å². The molecule has 0 bridgehead atoms. The third kappa shape index (κ3) is 4.32. The zero-order valence-electron chi connectivity index (χ0n) is 7.60. The minimum Gasteiger partial charge on any atom is -0.354 e. The first-order valence-electron chi connectivity index (χ1n) is 4.07. The molecule has 0 radical (unpaired) electrons. The van der Waals surface area contributed by atoms with E-state index in [0.29, 0.717) is 11.0 Å².